The second kappa shape index (κ2) is 9.18. The smallest absolute Gasteiger partial charge is 0.359 e. The fourth-order valence-corrected chi connectivity index (χ4v) is 2.74. The largest absolute Gasteiger partial charge is 0.498 e. The van der Waals surface area contributed by atoms with Gasteiger partial charge in [0, 0.05) is 5.02 Å². The number of carbonyl (C=O) groups excluding carboxylic acids is 2. The Hall–Kier alpha value is -3.73. The van der Waals surface area contributed by atoms with E-state index in [1.54, 1.807) is 30.3 Å². The zero-order valence-electron chi connectivity index (χ0n) is 16.2. The topological polar surface area (TPSA) is 130 Å². The van der Waals surface area contributed by atoms with Crippen molar-refractivity contribution in [1.82, 2.24) is 25.6 Å². The number of benzene rings is 1. The first-order valence-corrected chi connectivity index (χ1v) is 8.88. The average Bonchev–Trinajstić information content (AvgIpc) is 3.25. The highest BCUT2D eigenvalue weighted by Gasteiger charge is 2.35. The number of hydrogen-bond donors (Lipinski definition) is 1. The van der Waals surface area contributed by atoms with E-state index < -0.39 is 17.9 Å². The Balaban J connectivity index is 1.93. The molecule has 0 fully saturated rings. The number of nitrogens with zero attached hydrogens (tertiary/aromatic N) is 5. The Labute approximate surface area is 175 Å². The van der Waals surface area contributed by atoms with Crippen LogP contribution in [-0.4, -0.2) is 59.2 Å². The number of carbonyl (C=O) groups is 2. The molecule has 156 valence electrons. The fraction of sp³-hybridized carbons (Fsp3) is 0.222. The van der Waals surface area contributed by atoms with Crippen molar-refractivity contribution in [2.45, 2.75) is 0 Å². The van der Waals surface area contributed by atoms with Crippen molar-refractivity contribution < 1.29 is 23.8 Å². The molecule has 1 unspecified atom stereocenters. The lowest BCUT2D eigenvalue weighted by molar-refractivity contribution is -0.137. The average molecular weight is 433 g/mol. The lowest BCUT2D eigenvalue weighted by Crippen LogP contribution is -2.36. The number of hydrogen-bond acceptors (Lipinski definition) is 10. The number of nitrogens with one attached hydrogen (secondary N) is 1. The molecule has 0 saturated carbocycles. The van der Waals surface area contributed by atoms with Crippen LogP contribution in [0.25, 0.3) is 11.8 Å². The molecule has 2 heterocycles. The normalized spacial score (nSPS) is 16.1. The van der Waals surface area contributed by atoms with Crippen LogP contribution < -0.4 is 5.43 Å². The fourth-order valence-electron chi connectivity index (χ4n) is 2.61. The van der Waals surface area contributed by atoms with Crippen molar-refractivity contribution in [3.8, 4) is 5.69 Å². The maximum atomic E-state index is 12.1. The first-order valence-electron chi connectivity index (χ1n) is 8.51. The van der Waals surface area contributed by atoms with E-state index in [-0.39, 0.29) is 23.0 Å². The number of halogens is 1. The summed E-state index contributed by atoms with van der Waals surface area (Å²) in [6, 6.07) is 6.88. The number of hydrazone groups is 1. The Morgan fingerprint density at radius 2 is 1.83 bits per heavy atom. The molecular formula is C18H17ClN6O5. The van der Waals surface area contributed by atoms with Crippen LogP contribution in [0.5, 0.6) is 0 Å². The Morgan fingerprint density at radius 1 is 1.13 bits per heavy atom. The zero-order chi connectivity index (χ0) is 21.7. The van der Waals surface area contributed by atoms with Gasteiger partial charge in [0.2, 0.25) is 0 Å². The van der Waals surface area contributed by atoms with Crippen LogP contribution in [0.15, 0.2) is 46.9 Å². The van der Waals surface area contributed by atoms with Gasteiger partial charge >= 0.3 is 11.9 Å². The second-order valence-electron chi connectivity index (χ2n) is 5.79. The number of esters is 2. The first-order chi connectivity index (χ1) is 14.5. The van der Waals surface area contributed by atoms with Gasteiger partial charge in [0.1, 0.15) is 5.76 Å². The number of ether oxygens (including phenoxy) is 3. The third-order valence-corrected chi connectivity index (χ3v) is 4.29. The molecule has 1 aromatic heterocycles. The Bertz CT molecular complexity index is 1040. The third-order valence-electron chi connectivity index (χ3n) is 4.04. The quantitative estimate of drug-likeness (QED) is 0.667. The zero-order valence-corrected chi connectivity index (χ0v) is 17.0. The SMILES string of the molecule is COC(=O)C1=NNC(C(=O)OC)=C(OC)C1/C=C\c1nnn(-c2ccc(Cl)cc2)n1. The summed E-state index contributed by atoms with van der Waals surface area (Å²) in [7, 11) is 3.79. The van der Waals surface area contributed by atoms with E-state index in [0.717, 1.165) is 0 Å². The third kappa shape index (κ3) is 4.30. The molecule has 0 aliphatic carbocycles. The molecule has 11 nitrogen and oxygen atoms in total. The summed E-state index contributed by atoms with van der Waals surface area (Å²) in [6.45, 7) is 0. The van der Waals surface area contributed by atoms with Gasteiger partial charge in [-0.3, -0.25) is 5.43 Å². The van der Waals surface area contributed by atoms with Crippen molar-refractivity contribution in [1.29, 1.82) is 0 Å². The number of methoxy groups -OCH3 is 3. The predicted molar refractivity (Wildman–Crippen MR) is 105 cm³/mol. The first kappa shape index (κ1) is 21.0. The standard InChI is InChI=1S/C18H17ClN6O5/c1-28-16-12(14(17(26)29-2)21-22-15(16)18(27)30-3)8-9-13-20-24-25(23-13)11-6-4-10(19)5-7-11/h4-9,12,22H,1-3H3/b9-8-. The summed E-state index contributed by atoms with van der Waals surface area (Å²) < 4.78 is 14.8. The van der Waals surface area contributed by atoms with Crippen LogP contribution in [-0.2, 0) is 23.8 Å². The molecule has 12 heteroatoms. The summed E-state index contributed by atoms with van der Waals surface area (Å²) in [5.41, 5.74) is 3.07. The molecule has 1 aromatic carbocycles. The molecule has 0 amide bonds. The van der Waals surface area contributed by atoms with Crippen molar-refractivity contribution in [2.75, 3.05) is 21.3 Å². The van der Waals surface area contributed by atoms with Crippen molar-refractivity contribution in [2.24, 2.45) is 11.0 Å². The number of tetrazole rings is 1. The Kier molecular flexibility index (Phi) is 6.42. The molecule has 1 aliphatic rings. The molecule has 0 saturated heterocycles. The van der Waals surface area contributed by atoms with E-state index in [0.29, 0.717) is 10.7 Å². The highest BCUT2D eigenvalue weighted by Crippen LogP contribution is 2.24. The molecule has 0 spiro atoms. The van der Waals surface area contributed by atoms with Gasteiger partial charge in [-0.1, -0.05) is 17.7 Å². The molecule has 0 radical (unpaired) electrons. The molecule has 3 rings (SSSR count). The van der Waals surface area contributed by atoms with Crippen LogP contribution in [0.4, 0.5) is 0 Å². The van der Waals surface area contributed by atoms with Gasteiger partial charge in [-0.15, -0.1) is 15.0 Å². The van der Waals surface area contributed by atoms with Gasteiger partial charge < -0.3 is 14.2 Å². The van der Waals surface area contributed by atoms with E-state index in [2.05, 4.69) is 25.9 Å². The molecular weight excluding hydrogens is 416 g/mol. The number of allylic oxidation sites excluding steroid dienone is 1. The van der Waals surface area contributed by atoms with Gasteiger partial charge in [0.25, 0.3) is 0 Å². The monoisotopic (exact) mass is 432 g/mol. The molecule has 1 atom stereocenters. The van der Waals surface area contributed by atoms with E-state index in [1.807, 2.05) is 0 Å². The number of aromatic nitrogens is 4. The van der Waals surface area contributed by atoms with Gasteiger partial charge in [-0.25, -0.2) is 9.59 Å². The maximum absolute atomic E-state index is 12.1. The van der Waals surface area contributed by atoms with Gasteiger partial charge in [-0.2, -0.15) is 5.10 Å². The van der Waals surface area contributed by atoms with E-state index in [9.17, 15) is 9.59 Å². The van der Waals surface area contributed by atoms with E-state index in [1.165, 1.54) is 32.2 Å². The molecule has 1 N–H and O–H groups in total. The summed E-state index contributed by atoms with van der Waals surface area (Å²) in [5.74, 6) is -1.88. The minimum atomic E-state index is -0.847. The van der Waals surface area contributed by atoms with Gasteiger partial charge in [0.05, 0.1) is 32.9 Å². The number of rotatable bonds is 6. The summed E-state index contributed by atoms with van der Waals surface area (Å²) in [4.78, 5) is 25.5. The maximum Gasteiger partial charge on any atom is 0.359 e. The van der Waals surface area contributed by atoms with Crippen LogP contribution in [0.2, 0.25) is 5.02 Å². The molecule has 2 aromatic rings. The van der Waals surface area contributed by atoms with Gasteiger partial charge in [0.15, 0.2) is 17.2 Å². The van der Waals surface area contributed by atoms with Crippen LogP contribution >= 0.6 is 11.6 Å². The highest BCUT2D eigenvalue weighted by atomic mass is 35.5. The molecule has 0 bridgehead atoms. The summed E-state index contributed by atoms with van der Waals surface area (Å²) in [6.07, 6.45) is 3.06. The van der Waals surface area contributed by atoms with Crippen LogP contribution in [0, 0.1) is 5.92 Å². The van der Waals surface area contributed by atoms with Crippen molar-refractivity contribution in [3.63, 3.8) is 0 Å². The molecule has 1 aliphatic heterocycles. The van der Waals surface area contributed by atoms with Crippen molar-refractivity contribution >= 4 is 35.3 Å². The lowest BCUT2D eigenvalue weighted by Gasteiger charge is -2.23. The highest BCUT2D eigenvalue weighted by molar-refractivity contribution is 6.38. The lowest BCUT2D eigenvalue weighted by atomic mass is 9.97. The minimum Gasteiger partial charge on any atom is -0.498 e. The van der Waals surface area contributed by atoms with Crippen LogP contribution in [0.1, 0.15) is 5.82 Å². The van der Waals surface area contributed by atoms with Gasteiger partial charge in [-0.05, 0) is 35.6 Å². The summed E-state index contributed by atoms with van der Waals surface area (Å²) >= 11 is 5.88. The van der Waals surface area contributed by atoms with E-state index in [4.69, 9.17) is 25.8 Å². The van der Waals surface area contributed by atoms with Crippen LogP contribution in [0.3, 0.4) is 0 Å². The Morgan fingerprint density at radius 3 is 2.47 bits per heavy atom. The predicted octanol–water partition coefficient (Wildman–Crippen LogP) is 1.11. The summed E-state index contributed by atoms with van der Waals surface area (Å²) in [5, 5.41) is 16.7. The van der Waals surface area contributed by atoms with Crippen molar-refractivity contribution in [3.05, 3.63) is 52.6 Å². The van der Waals surface area contributed by atoms with E-state index >= 15 is 0 Å². The second-order valence-corrected chi connectivity index (χ2v) is 6.22. The minimum absolute atomic E-state index is 0.0247. The molecule has 30 heavy (non-hydrogen) atoms.